The highest BCUT2D eigenvalue weighted by atomic mass is 79.9. The molecule has 3 aromatic carbocycles. The maximum absolute atomic E-state index is 5.99. The van der Waals surface area contributed by atoms with Crippen molar-refractivity contribution < 1.29 is 9.47 Å². The van der Waals surface area contributed by atoms with Gasteiger partial charge in [-0.25, -0.2) is 0 Å². The van der Waals surface area contributed by atoms with Crippen molar-refractivity contribution in [3.8, 4) is 23.0 Å². The molecule has 0 aliphatic rings. The highest BCUT2D eigenvalue weighted by molar-refractivity contribution is 9.10. The Balaban J connectivity index is 1.88. The fourth-order valence-electron chi connectivity index (χ4n) is 2.05. The van der Waals surface area contributed by atoms with E-state index in [-0.39, 0.29) is 0 Å². The van der Waals surface area contributed by atoms with E-state index in [0.29, 0.717) is 0 Å². The predicted octanol–water partition coefficient (Wildman–Crippen LogP) is 6.34. The van der Waals surface area contributed by atoms with Crippen LogP contribution in [0.15, 0.2) is 77.3 Å². The van der Waals surface area contributed by atoms with Gasteiger partial charge in [0.2, 0.25) is 0 Å². The molecule has 110 valence electrons. The summed E-state index contributed by atoms with van der Waals surface area (Å²) in [6, 6.07) is 23.3. The first-order valence-electron chi connectivity index (χ1n) is 6.99. The van der Waals surface area contributed by atoms with E-state index in [9.17, 15) is 0 Å². The molecule has 0 amide bonds. The third kappa shape index (κ3) is 3.31. The number of halogens is 1. The SMILES string of the molecule is Cc1ccccc1Oc1cccc(Oc2ccccc2)c1Br. The Kier molecular flexibility index (Phi) is 4.45. The molecule has 3 rings (SSSR count). The summed E-state index contributed by atoms with van der Waals surface area (Å²) in [5.74, 6) is 3.07. The highest BCUT2D eigenvalue weighted by Crippen LogP contribution is 2.39. The van der Waals surface area contributed by atoms with Crippen LogP contribution in [0.1, 0.15) is 5.56 Å². The Hall–Kier alpha value is -2.26. The molecule has 22 heavy (non-hydrogen) atoms. The molecule has 0 N–H and O–H groups in total. The van der Waals surface area contributed by atoms with Crippen molar-refractivity contribution in [3.05, 3.63) is 82.8 Å². The van der Waals surface area contributed by atoms with Crippen molar-refractivity contribution in [3.63, 3.8) is 0 Å². The van der Waals surface area contributed by atoms with E-state index >= 15 is 0 Å². The zero-order chi connectivity index (χ0) is 15.4. The summed E-state index contributed by atoms with van der Waals surface area (Å²) in [6.45, 7) is 2.02. The van der Waals surface area contributed by atoms with Crippen LogP contribution in [0.3, 0.4) is 0 Å². The molecule has 0 saturated carbocycles. The molecule has 0 atom stereocenters. The second kappa shape index (κ2) is 6.67. The molecule has 0 heterocycles. The number of para-hydroxylation sites is 2. The Bertz CT molecular complexity index is 769. The molecule has 0 unspecified atom stereocenters. The highest BCUT2D eigenvalue weighted by Gasteiger charge is 2.10. The van der Waals surface area contributed by atoms with Gasteiger partial charge in [-0.1, -0.05) is 42.5 Å². The van der Waals surface area contributed by atoms with E-state index in [1.54, 1.807) is 0 Å². The summed E-state index contributed by atoms with van der Waals surface area (Å²) >= 11 is 3.57. The zero-order valence-corrected chi connectivity index (χ0v) is 13.7. The average molecular weight is 355 g/mol. The van der Waals surface area contributed by atoms with Crippen molar-refractivity contribution in [2.24, 2.45) is 0 Å². The summed E-state index contributed by atoms with van der Waals surface area (Å²) in [6.07, 6.45) is 0. The summed E-state index contributed by atoms with van der Waals surface area (Å²) in [5.41, 5.74) is 1.09. The fraction of sp³-hybridized carbons (Fsp3) is 0.0526. The summed E-state index contributed by atoms with van der Waals surface area (Å²) < 4.78 is 12.7. The Morgan fingerprint density at radius 3 is 1.95 bits per heavy atom. The minimum absolute atomic E-state index is 0.720. The lowest BCUT2D eigenvalue weighted by molar-refractivity contribution is 0.453. The lowest BCUT2D eigenvalue weighted by Gasteiger charge is -2.13. The van der Waals surface area contributed by atoms with E-state index < -0.39 is 0 Å². The quantitative estimate of drug-likeness (QED) is 0.543. The molecule has 0 spiro atoms. The zero-order valence-electron chi connectivity index (χ0n) is 12.1. The number of benzene rings is 3. The second-order valence-electron chi connectivity index (χ2n) is 4.85. The Morgan fingerprint density at radius 1 is 0.636 bits per heavy atom. The molecule has 0 fully saturated rings. The molecule has 2 nitrogen and oxygen atoms in total. The van der Waals surface area contributed by atoms with E-state index in [4.69, 9.17) is 9.47 Å². The maximum atomic E-state index is 5.99. The maximum Gasteiger partial charge on any atom is 0.145 e. The molecular formula is C19H15BrO2. The first kappa shape index (κ1) is 14.7. The van der Waals surface area contributed by atoms with Crippen LogP contribution in [0.4, 0.5) is 0 Å². The van der Waals surface area contributed by atoms with Gasteiger partial charge in [-0.15, -0.1) is 0 Å². The third-order valence-corrected chi connectivity index (χ3v) is 3.99. The van der Waals surface area contributed by atoms with Crippen molar-refractivity contribution in [2.75, 3.05) is 0 Å². The fourth-order valence-corrected chi connectivity index (χ4v) is 2.48. The molecule has 0 aliphatic carbocycles. The van der Waals surface area contributed by atoms with E-state index in [2.05, 4.69) is 15.9 Å². The van der Waals surface area contributed by atoms with Gasteiger partial charge in [0.25, 0.3) is 0 Å². The van der Waals surface area contributed by atoms with E-state index in [0.717, 1.165) is 33.0 Å². The molecule has 0 aliphatic heterocycles. The monoisotopic (exact) mass is 354 g/mol. The first-order chi connectivity index (χ1) is 10.7. The van der Waals surface area contributed by atoms with Gasteiger partial charge in [0.1, 0.15) is 27.5 Å². The molecule has 3 heteroatoms. The first-order valence-corrected chi connectivity index (χ1v) is 7.78. The van der Waals surface area contributed by atoms with Gasteiger partial charge in [0.05, 0.1) is 0 Å². The van der Waals surface area contributed by atoms with Crippen LogP contribution in [0.2, 0.25) is 0 Å². The van der Waals surface area contributed by atoms with Gasteiger partial charge < -0.3 is 9.47 Å². The van der Waals surface area contributed by atoms with Gasteiger partial charge in [0, 0.05) is 0 Å². The van der Waals surface area contributed by atoms with E-state index in [1.807, 2.05) is 79.7 Å². The molecule has 0 aromatic heterocycles. The van der Waals surface area contributed by atoms with Gasteiger partial charge in [-0.2, -0.15) is 0 Å². The second-order valence-corrected chi connectivity index (χ2v) is 5.64. The Morgan fingerprint density at radius 2 is 1.23 bits per heavy atom. The van der Waals surface area contributed by atoms with Crippen LogP contribution < -0.4 is 9.47 Å². The van der Waals surface area contributed by atoms with Crippen LogP contribution in [0.5, 0.6) is 23.0 Å². The predicted molar refractivity (Wildman–Crippen MR) is 91.9 cm³/mol. The van der Waals surface area contributed by atoms with Gasteiger partial charge in [-0.05, 0) is 58.7 Å². The summed E-state index contributed by atoms with van der Waals surface area (Å²) in [5, 5.41) is 0. The number of rotatable bonds is 4. The standard InChI is InChI=1S/C19H15BrO2/c1-14-8-5-6-11-16(14)22-18-13-7-12-17(19(18)20)21-15-9-3-2-4-10-15/h2-13H,1H3. The molecule has 0 bridgehead atoms. The van der Waals surface area contributed by atoms with Crippen LogP contribution in [0, 0.1) is 6.92 Å². The van der Waals surface area contributed by atoms with Crippen molar-refractivity contribution in [1.29, 1.82) is 0 Å². The van der Waals surface area contributed by atoms with E-state index in [1.165, 1.54) is 0 Å². The minimum atomic E-state index is 0.720. The van der Waals surface area contributed by atoms with Gasteiger partial charge in [0.15, 0.2) is 0 Å². The van der Waals surface area contributed by atoms with Crippen LogP contribution in [0.25, 0.3) is 0 Å². The number of hydrogen-bond acceptors (Lipinski definition) is 2. The van der Waals surface area contributed by atoms with Crippen molar-refractivity contribution in [2.45, 2.75) is 6.92 Å². The van der Waals surface area contributed by atoms with Crippen LogP contribution >= 0.6 is 15.9 Å². The molecule has 0 radical (unpaired) electrons. The normalized spacial score (nSPS) is 10.3. The van der Waals surface area contributed by atoms with Crippen molar-refractivity contribution >= 4 is 15.9 Å². The number of ether oxygens (including phenoxy) is 2. The third-order valence-electron chi connectivity index (χ3n) is 3.21. The summed E-state index contributed by atoms with van der Waals surface area (Å²) in [7, 11) is 0. The molecular weight excluding hydrogens is 340 g/mol. The largest absolute Gasteiger partial charge is 0.456 e. The minimum Gasteiger partial charge on any atom is -0.456 e. The van der Waals surface area contributed by atoms with Crippen LogP contribution in [-0.2, 0) is 0 Å². The van der Waals surface area contributed by atoms with Crippen molar-refractivity contribution in [1.82, 2.24) is 0 Å². The Labute approximate surface area is 138 Å². The lowest BCUT2D eigenvalue weighted by atomic mass is 10.2. The van der Waals surface area contributed by atoms with Crippen LogP contribution in [-0.4, -0.2) is 0 Å². The smallest absolute Gasteiger partial charge is 0.145 e. The summed E-state index contributed by atoms with van der Waals surface area (Å²) in [4.78, 5) is 0. The lowest BCUT2D eigenvalue weighted by Crippen LogP contribution is -1.91. The number of hydrogen-bond donors (Lipinski definition) is 0. The molecule has 3 aromatic rings. The van der Waals surface area contributed by atoms with Gasteiger partial charge >= 0.3 is 0 Å². The van der Waals surface area contributed by atoms with Gasteiger partial charge in [-0.3, -0.25) is 0 Å². The average Bonchev–Trinajstić information content (AvgIpc) is 2.54. The number of aryl methyl sites for hydroxylation is 1. The topological polar surface area (TPSA) is 18.5 Å². The molecule has 0 saturated heterocycles.